The van der Waals surface area contributed by atoms with Gasteiger partial charge >= 0.3 is 0 Å². The molecule has 0 spiro atoms. The van der Waals surface area contributed by atoms with Crippen molar-refractivity contribution in [2.24, 2.45) is 0 Å². The lowest BCUT2D eigenvalue weighted by Crippen LogP contribution is -2.38. The Morgan fingerprint density at radius 1 is 0.854 bits per heavy atom. The second-order valence-corrected chi connectivity index (χ2v) is 13.1. The van der Waals surface area contributed by atoms with Crippen LogP contribution < -0.4 is 19.1 Å². The average Bonchev–Trinajstić information content (AvgIpc) is 2.94. The van der Waals surface area contributed by atoms with Gasteiger partial charge in [-0.25, -0.2) is 16.8 Å². The van der Waals surface area contributed by atoms with Crippen LogP contribution in [0.4, 0.5) is 17.1 Å². The van der Waals surface area contributed by atoms with Gasteiger partial charge in [-0.3, -0.25) is 13.8 Å². The van der Waals surface area contributed by atoms with Gasteiger partial charge in [0.25, 0.3) is 20.0 Å². The number of ether oxygens (including phenoxy) is 1. The number of halogens is 2. The van der Waals surface area contributed by atoms with Gasteiger partial charge in [0.2, 0.25) is 5.91 Å². The lowest BCUT2D eigenvalue weighted by molar-refractivity contribution is -0.114. The van der Waals surface area contributed by atoms with Crippen LogP contribution in [0.25, 0.3) is 0 Å². The number of carbonyl (C=O) groups is 1. The van der Waals surface area contributed by atoms with Crippen LogP contribution in [0, 0.1) is 6.92 Å². The Morgan fingerprint density at radius 3 is 2.12 bits per heavy atom. The molecule has 0 aliphatic rings. The van der Waals surface area contributed by atoms with Gasteiger partial charge in [-0.2, -0.15) is 0 Å². The van der Waals surface area contributed by atoms with Gasteiger partial charge in [0, 0.05) is 15.7 Å². The minimum Gasteiger partial charge on any atom is -0.497 e. The molecule has 0 fully saturated rings. The van der Waals surface area contributed by atoms with Gasteiger partial charge in [0.15, 0.2) is 0 Å². The van der Waals surface area contributed by atoms with Gasteiger partial charge in [-0.1, -0.05) is 35.3 Å². The van der Waals surface area contributed by atoms with E-state index in [0.717, 1.165) is 4.31 Å². The third-order valence-corrected chi connectivity index (χ3v) is 9.81. The van der Waals surface area contributed by atoms with Crippen molar-refractivity contribution in [2.45, 2.75) is 16.7 Å². The summed E-state index contributed by atoms with van der Waals surface area (Å²) >= 11 is 12.2. The maximum Gasteiger partial charge on any atom is 0.264 e. The number of rotatable bonds is 10. The summed E-state index contributed by atoms with van der Waals surface area (Å²) in [7, 11) is -6.66. The van der Waals surface area contributed by atoms with Crippen LogP contribution in [0.2, 0.25) is 10.0 Å². The van der Waals surface area contributed by atoms with Crippen LogP contribution in [-0.2, 0) is 24.8 Å². The maximum atomic E-state index is 13.6. The molecule has 9 nitrogen and oxygen atoms in total. The molecule has 41 heavy (non-hydrogen) atoms. The van der Waals surface area contributed by atoms with Crippen molar-refractivity contribution in [1.29, 1.82) is 0 Å². The van der Waals surface area contributed by atoms with Gasteiger partial charge in [-0.15, -0.1) is 0 Å². The van der Waals surface area contributed by atoms with Gasteiger partial charge in [-0.05, 0) is 91.3 Å². The Balaban J connectivity index is 1.54. The number of sulfonamides is 2. The smallest absolute Gasteiger partial charge is 0.264 e. The van der Waals surface area contributed by atoms with Gasteiger partial charge < -0.3 is 10.1 Å². The second kappa shape index (κ2) is 12.4. The van der Waals surface area contributed by atoms with Crippen LogP contribution in [0.15, 0.2) is 101 Å². The summed E-state index contributed by atoms with van der Waals surface area (Å²) in [4.78, 5) is 12.9. The minimum absolute atomic E-state index is 0.0440. The molecule has 0 atom stereocenters. The number of hydrogen-bond donors (Lipinski definition) is 2. The summed E-state index contributed by atoms with van der Waals surface area (Å²) in [6.07, 6.45) is 0. The Labute approximate surface area is 248 Å². The summed E-state index contributed by atoms with van der Waals surface area (Å²) < 4.78 is 61.4. The Bertz CT molecular complexity index is 1780. The second-order valence-electron chi connectivity index (χ2n) is 8.76. The van der Waals surface area contributed by atoms with Crippen molar-refractivity contribution in [3.8, 4) is 5.75 Å². The monoisotopic (exact) mass is 633 g/mol. The molecule has 0 saturated carbocycles. The van der Waals surface area contributed by atoms with E-state index in [1.165, 1.54) is 67.8 Å². The van der Waals surface area contributed by atoms with E-state index in [1.54, 1.807) is 37.3 Å². The van der Waals surface area contributed by atoms with Crippen molar-refractivity contribution in [3.63, 3.8) is 0 Å². The number of methoxy groups -OCH3 is 1. The van der Waals surface area contributed by atoms with E-state index in [4.69, 9.17) is 27.9 Å². The number of hydrogen-bond acceptors (Lipinski definition) is 6. The Kier molecular flexibility index (Phi) is 9.13. The number of amides is 1. The van der Waals surface area contributed by atoms with E-state index in [1.807, 2.05) is 0 Å². The molecule has 13 heteroatoms. The predicted octanol–water partition coefficient (Wildman–Crippen LogP) is 5.95. The van der Waals surface area contributed by atoms with E-state index < -0.39 is 32.5 Å². The zero-order valence-electron chi connectivity index (χ0n) is 21.8. The number of nitrogens with zero attached hydrogens (tertiary/aromatic N) is 1. The van der Waals surface area contributed by atoms with Crippen LogP contribution in [0.1, 0.15) is 5.56 Å². The zero-order valence-corrected chi connectivity index (χ0v) is 25.0. The summed E-state index contributed by atoms with van der Waals surface area (Å²) in [5.74, 6) is -0.190. The van der Waals surface area contributed by atoms with Crippen molar-refractivity contribution in [1.82, 2.24) is 0 Å². The molecule has 4 rings (SSSR count). The van der Waals surface area contributed by atoms with Crippen molar-refractivity contribution in [2.75, 3.05) is 28.0 Å². The van der Waals surface area contributed by atoms with Crippen molar-refractivity contribution < 1.29 is 26.4 Å². The molecule has 4 aromatic carbocycles. The quantitative estimate of drug-likeness (QED) is 0.223. The molecule has 0 heterocycles. The van der Waals surface area contributed by atoms with E-state index in [9.17, 15) is 21.6 Å². The first-order valence-electron chi connectivity index (χ1n) is 12.0. The van der Waals surface area contributed by atoms with Crippen LogP contribution >= 0.6 is 23.2 Å². The molecule has 0 aliphatic carbocycles. The van der Waals surface area contributed by atoms with E-state index in [-0.39, 0.29) is 26.2 Å². The highest BCUT2D eigenvalue weighted by atomic mass is 35.5. The minimum atomic E-state index is -4.18. The molecule has 0 saturated heterocycles. The lowest BCUT2D eigenvalue weighted by Gasteiger charge is -2.24. The highest BCUT2D eigenvalue weighted by molar-refractivity contribution is 7.93. The molecule has 2 N–H and O–H groups in total. The molecule has 0 bridgehead atoms. The zero-order chi connectivity index (χ0) is 29.8. The van der Waals surface area contributed by atoms with Crippen LogP contribution in [0.5, 0.6) is 5.75 Å². The number of carbonyl (C=O) groups excluding carboxylic acids is 1. The Morgan fingerprint density at radius 2 is 1.49 bits per heavy atom. The fraction of sp³-hybridized carbons (Fsp3) is 0.107. The third-order valence-electron chi connectivity index (χ3n) is 5.99. The van der Waals surface area contributed by atoms with E-state index in [2.05, 4.69) is 10.0 Å². The fourth-order valence-electron chi connectivity index (χ4n) is 3.79. The predicted molar refractivity (Wildman–Crippen MR) is 161 cm³/mol. The van der Waals surface area contributed by atoms with Gasteiger partial charge in [0.1, 0.15) is 12.3 Å². The molecule has 0 aromatic heterocycles. The summed E-state index contributed by atoms with van der Waals surface area (Å²) in [6, 6.07) is 22.2. The lowest BCUT2D eigenvalue weighted by atomic mass is 10.2. The fourth-order valence-corrected chi connectivity index (χ4v) is 6.69. The Hall–Kier alpha value is -3.77. The SMILES string of the molecule is COc1ccc(S(=O)(=O)N(CC(=O)Nc2ccc(S(=O)(=O)Nc3cccc(Cl)c3C)cc2)c2cccc(Cl)c2)cc1. The molecular formula is C28H25Cl2N3O6S2. The molecule has 0 unspecified atom stereocenters. The maximum absolute atomic E-state index is 13.6. The average molecular weight is 635 g/mol. The normalized spacial score (nSPS) is 11.5. The summed E-state index contributed by atoms with van der Waals surface area (Å²) in [5.41, 5.74) is 1.37. The number of benzene rings is 4. The molecule has 0 aliphatic heterocycles. The molecule has 4 aromatic rings. The first-order valence-corrected chi connectivity index (χ1v) is 15.7. The highest BCUT2D eigenvalue weighted by Gasteiger charge is 2.28. The summed E-state index contributed by atoms with van der Waals surface area (Å²) in [5, 5.41) is 3.32. The topological polar surface area (TPSA) is 122 Å². The van der Waals surface area contributed by atoms with Gasteiger partial charge in [0.05, 0.1) is 28.3 Å². The highest BCUT2D eigenvalue weighted by Crippen LogP contribution is 2.28. The largest absolute Gasteiger partial charge is 0.497 e. The standard InChI is InChI=1S/C28H25Cl2N3O6S2/c1-19-26(30)7-4-8-27(19)32-40(35,36)24-13-9-21(10-14-24)31-28(34)18-33(22-6-3-5-20(29)17-22)41(37,38)25-15-11-23(39-2)12-16-25/h3-17,32H,18H2,1-2H3,(H,31,34). The first-order chi connectivity index (χ1) is 19.4. The van der Waals surface area contributed by atoms with E-state index >= 15 is 0 Å². The number of anilines is 3. The van der Waals surface area contributed by atoms with Crippen molar-refractivity contribution in [3.05, 3.63) is 107 Å². The number of nitrogens with one attached hydrogen (secondary N) is 2. The first kappa shape index (κ1) is 30.2. The molecular weight excluding hydrogens is 609 g/mol. The van der Waals surface area contributed by atoms with Crippen LogP contribution in [-0.4, -0.2) is 36.4 Å². The molecule has 1 amide bonds. The molecule has 0 radical (unpaired) electrons. The van der Waals surface area contributed by atoms with Crippen molar-refractivity contribution >= 4 is 66.2 Å². The van der Waals surface area contributed by atoms with E-state index in [0.29, 0.717) is 22.0 Å². The molecule has 214 valence electrons. The summed E-state index contributed by atoms with van der Waals surface area (Å²) in [6.45, 7) is 1.12. The third kappa shape index (κ3) is 7.12. The van der Waals surface area contributed by atoms with Crippen LogP contribution in [0.3, 0.4) is 0 Å².